The zero-order valence-corrected chi connectivity index (χ0v) is 12.2. The first-order valence-electron chi connectivity index (χ1n) is 7.73. The Labute approximate surface area is 125 Å². The van der Waals surface area contributed by atoms with E-state index in [0.29, 0.717) is 11.8 Å². The van der Waals surface area contributed by atoms with E-state index in [1.165, 1.54) is 23.3 Å². The van der Waals surface area contributed by atoms with Gasteiger partial charge >= 0.3 is 0 Å². The first-order chi connectivity index (χ1) is 10.3. The molecule has 0 saturated carbocycles. The lowest BCUT2D eigenvalue weighted by molar-refractivity contribution is 0.431. The fourth-order valence-corrected chi connectivity index (χ4v) is 4.10. The zero-order chi connectivity index (χ0) is 14.4. The first-order valence-corrected chi connectivity index (χ1v) is 7.73. The predicted molar refractivity (Wildman–Crippen MR) is 88.2 cm³/mol. The molecule has 0 fully saturated rings. The Kier molecular flexibility index (Phi) is 2.85. The van der Waals surface area contributed by atoms with Gasteiger partial charge in [0.05, 0.1) is 5.52 Å². The number of pyridine rings is 1. The van der Waals surface area contributed by atoms with Crippen LogP contribution < -0.4 is 5.73 Å². The van der Waals surface area contributed by atoms with Crippen LogP contribution in [0.2, 0.25) is 0 Å². The van der Waals surface area contributed by atoms with E-state index in [0.717, 1.165) is 35.9 Å². The maximum atomic E-state index is 6.52. The number of benzene rings is 1. The minimum absolute atomic E-state index is 0.538. The van der Waals surface area contributed by atoms with Gasteiger partial charge in [0.25, 0.3) is 0 Å². The molecule has 1 heterocycles. The average Bonchev–Trinajstić information content (AvgIpc) is 2.47. The lowest BCUT2D eigenvalue weighted by atomic mass is 9.70. The normalized spacial score (nSPS) is 23.5. The van der Waals surface area contributed by atoms with Crippen LogP contribution in [0.15, 0.2) is 48.6 Å². The van der Waals surface area contributed by atoms with Gasteiger partial charge in [-0.2, -0.15) is 0 Å². The smallest absolute Gasteiger partial charge is 0.0726 e. The van der Waals surface area contributed by atoms with Crippen molar-refractivity contribution in [1.82, 2.24) is 4.98 Å². The second kappa shape index (κ2) is 4.73. The topological polar surface area (TPSA) is 38.9 Å². The number of nitrogens with zero attached hydrogens (tertiary/aromatic N) is 1. The second-order valence-corrected chi connectivity index (χ2v) is 6.32. The van der Waals surface area contributed by atoms with Gasteiger partial charge in [-0.05, 0) is 43.6 Å². The number of hydrogen-bond donors (Lipinski definition) is 1. The Bertz CT molecular complexity index is 757. The van der Waals surface area contributed by atoms with E-state index in [4.69, 9.17) is 10.7 Å². The van der Waals surface area contributed by atoms with Crippen molar-refractivity contribution in [1.29, 1.82) is 0 Å². The average molecular weight is 276 g/mol. The quantitative estimate of drug-likeness (QED) is 0.827. The number of aromatic nitrogens is 1. The number of hydrogen-bond acceptors (Lipinski definition) is 2. The maximum Gasteiger partial charge on any atom is 0.0726 e. The molecule has 0 aliphatic heterocycles. The van der Waals surface area contributed by atoms with E-state index in [2.05, 4.69) is 24.8 Å². The number of rotatable bonds is 2. The molecule has 2 atom stereocenters. The highest BCUT2D eigenvalue weighted by atomic mass is 14.7. The fraction of sp³-hybridized carbons (Fsp3) is 0.316. The van der Waals surface area contributed by atoms with Crippen molar-refractivity contribution in [2.24, 2.45) is 5.92 Å². The fourth-order valence-electron chi connectivity index (χ4n) is 4.10. The monoisotopic (exact) mass is 276 g/mol. The summed E-state index contributed by atoms with van der Waals surface area (Å²) in [6.07, 6.45) is 8.83. The molecule has 4 rings (SSSR count). The van der Waals surface area contributed by atoms with E-state index in [-0.39, 0.29) is 0 Å². The van der Waals surface area contributed by atoms with Crippen molar-refractivity contribution >= 4 is 16.6 Å². The van der Waals surface area contributed by atoms with Crippen LogP contribution in [0.4, 0.5) is 5.69 Å². The highest BCUT2D eigenvalue weighted by Gasteiger charge is 2.33. The molecule has 0 amide bonds. The van der Waals surface area contributed by atoms with Gasteiger partial charge in [0, 0.05) is 22.3 Å². The van der Waals surface area contributed by atoms with Crippen LogP contribution in [0.1, 0.15) is 36.4 Å². The van der Waals surface area contributed by atoms with Crippen LogP contribution in [0.3, 0.4) is 0 Å². The summed E-state index contributed by atoms with van der Waals surface area (Å²) in [6, 6.07) is 8.23. The lowest BCUT2D eigenvalue weighted by Crippen LogP contribution is -2.24. The third-order valence-corrected chi connectivity index (χ3v) is 4.89. The number of nitrogen functional groups attached to an aromatic ring is 1. The van der Waals surface area contributed by atoms with Crippen molar-refractivity contribution < 1.29 is 0 Å². The maximum absolute atomic E-state index is 6.52. The standard InChI is InChI=1S/C19H20N2/c1-2-5-12-8-13-10-14(9-12)18-17(11-13)21-16-7-4-3-6-15(16)19(18)20/h2-4,6-8,13-14H,1,5,9-11H2,(H2,20,21)/t13-,14+/m1/s1. The van der Waals surface area contributed by atoms with Crippen molar-refractivity contribution in [3.8, 4) is 0 Å². The third kappa shape index (κ3) is 1.98. The highest BCUT2D eigenvalue weighted by Crippen LogP contribution is 2.46. The summed E-state index contributed by atoms with van der Waals surface area (Å²) in [7, 11) is 0. The molecular formula is C19H20N2. The Morgan fingerprint density at radius 2 is 2.14 bits per heavy atom. The molecule has 21 heavy (non-hydrogen) atoms. The van der Waals surface area contributed by atoms with Crippen LogP contribution in [0.25, 0.3) is 10.9 Å². The van der Waals surface area contributed by atoms with Gasteiger partial charge in [0.2, 0.25) is 0 Å². The van der Waals surface area contributed by atoms with E-state index >= 15 is 0 Å². The minimum Gasteiger partial charge on any atom is -0.398 e. The molecule has 2 aromatic rings. The first kappa shape index (κ1) is 12.6. The van der Waals surface area contributed by atoms with Crippen molar-refractivity contribution in [3.63, 3.8) is 0 Å². The van der Waals surface area contributed by atoms with Gasteiger partial charge < -0.3 is 5.73 Å². The number of fused-ring (bicyclic) bond motifs is 5. The molecule has 106 valence electrons. The third-order valence-electron chi connectivity index (χ3n) is 4.89. The van der Waals surface area contributed by atoms with Crippen molar-refractivity contribution in [3.05, 3.63) is 59.8 Å². The highest BCUT2D eigenvalue weighted by molar-refractivity contribution is 5.92. The summed E-state index contributed by atoms with van der Waals surface area (Å²) in [4.78, 5) is 4.90. The van der Waals surface area contributed by atoms with Gasteiger partial charge in [-0.15, -0.1) is 6.58 Å². The van der Waals surface area contributed by atoms with Crippen LogP contribution in [-0.4, -0.2) is 4.98 Å². The van der Waals surface area contributed by atoms with Gasteiger partial charge in [0.1, 0.15) is 0 Å². The number of anilines is 1. The molecule has 0 saturated heterocycles. The lowest BCUT2D eigenvalue weighted by Gasteiger charge is -2.35. The van der Waals surface area contributed by atoms with E-state index in [1.54, 1.807) is 0 Å². The molecule has 1 aromatic carbocycles. The van der Waals surface area contributed by atoms with E-state index < -0.39 is 0 Å². The molecule has 2 N–H and O–H groups in total. The van der Waals surface area contributed by atoms with Gasteiger partial charge in [-0.3, -0.25) is 4.98 Å². The van der Waals surface area contributed by atoms with E-state index in [1.807, 2.05) is 18.2 Å². The van der Waals surface area contributed by atoms with Crippen LogP contribution in [0, 0.1) is 5.92 Å². The number of allylic oxidation sites excluding steroid dienone is 3. The molecule has 2 aliphatic carbocycles. The molecule has 2 nitrogen and oxygen atoms in total. The summed E-state index contributed by atoms with van der Waals surface area (Å²) < 4.78 is 0. The summed E-state index contributed by atoms with van der Waals surface area (Å²) in [5.41, 5.74) is 12.6. The van der Waals surface area contributed by atoms with Gasteiger partial charge in [-0.1, -0.05) is 35.9 Å². The Morgan fingerprint density at radius 1 is 1.29 bits per heavy atom. The minimum atomic E-state index is 0.538. The largest absolute Gasteiger partial charge is 0.398 e. The van der Waals surface area contributed by atoms with Gasteiger partial charge in [-0.25, -0.2) is 0 Å². The zero-order valence-electron chi connectivity index (χ0n) is 12.2. The summed E-state index contributed by atoms with van der Waals surface area (Å²) in [5.74, 6) is 1.16. The molecule has 0 unspecified atom stereocenters. The summed E-state index contributed by atoms with van der Waals surface area (Å²) in [6.45, 7) is 3.87. The van der Waals surface area contributed by atoms with Crippen molar-refractivity contribution in [2.45, 2.75) is 31.6 Å². The van der Waals surface area contributed by atoms with Gasteiger partial charge in [0.15, 0.2) is 0 Å². The SMILES string of the molecule is C=CCC1=C[C@H]2Cc3nc4ccccc4c(N)c3[C@@H](C1)C2. The molecule has 0 radical (unpaired) electrons. The Morgan fingerprint density at radius 3 is 3.00 bits per heavy atom. The molecule has 1 aromatic heterocycles. The Balaban J connectivity index is 1.86. The molecule has 2 heteroatoms. The second-order valence-electron chi connectivity index (χ2n) is 6.32. The summed E-state index contributed by atoms with van der Waals surface area (Å²) in [5, 5.41) is 1.11. The number of nitrogens with two attached hydrogens (primary N) is 1. The molecule has 0 spiro atoms. The van der Waals surface area contributed by atoms with Crippen molar-refractivity contribution in [2.75, 3.05) is 5.73 Å². The van der Waals surface area contributed by atoms with Crippen LogP contribution >= 0.6 is 0 Å². The predicted octanol–water partition coefficient (Wildman–Crippen LogP) is 4.37. The number of para-hydroxylation sites is 1. The van der Waals surface area contributed by atoms with Crippen LogP contribution in [-0.2, 0) is 6.42 Å². The molecule has 2 bridgehead atoms. The summed E-state index contributed by atoms with van der Waals surface area (Å²) >= 11 is 0. The molecule has 2 aliphatic rings. The molecular weight excluding hydrogens is 256 g/mol. The Hall–Kier alpha value is -2.09. The van der Waals surface area contributed by atoms with E-state index in [9.17, 15) is 0 Å². The van der Waals surface area contributed by atoms with Crippen LogP contribution in [0.5, 0.6) is 0 Å².